The van der Waals surface area contributed by atoms with Gasteiger partial charge in [0.15, 0.2) is 11.6 Å². The highest BCUT2D eigenvalue weighted by Crippen LogP contribution is 2.34. The Labute approximate surface area is 203 Å². The largest absolute Gasteiger partial charge is 0.490 e. The van der Waals surface area contributed by atoms with Crippen molar-refractivity contribution < 1.29 is 32.6 Å². The standard InChI is InChI=1S/C27H29F2NO5/c1-17(31)24-14-20(29)10-11-25(24)35-16-21-15-30(12-13-34-21)27(33)23-5-3-2-4-22(23)26(32)18-6-8-19(28)9-7-18/h6-11,14,21-23H,2-5,12-13,15-16H2,1H3. The average molecular weight is 486 g/mol. The van der Waals surface area contributed by atoms with Crippen LogP contribution in [0.1, 0.15) is 53.3 Å². The van der Waals surface area contributed by atoms with Gasteiger partial charge in [-0.3, -0.25) is 14.4 Å². The molecule has 1 aliphatic heterocycles. The molecule has 0 bridgehead atoms. The normalized spacial score (nSPS) is 22.5. The Balaban J connectivity index is 1.41. The van der Waals surface area contributed by atoms with Gasteiger partial charge < -0.3 is 14.4 Å². The third-order valence-electron chi connectivity index (χ3n) is 6.74. The molecule has 2 aliphatic rings. The number of halogens is 2. The fourth-order valence-electron chi connectivity index (χ4n) is 4.91. The summed E-state index contributed by atoms with van der Waals surface area (Å²) in [5, 5.41) is 0. The van der Waals surface area contributed by atoms with Crippen LogP contribution in [0.4, 0.5) is 8.78 Å². The van der Waals surface area contributed by atoms with Gasteiger partial charge in [-0.25, -0.2) is 8.78 Å². The highest BCUT2D eigenvalue weighted by Gasteiger charge is 2.39. The fraction of sp³-hybridized carbons (Fsp3) is 0.444. The molecule has 186 valence electrons. The van der Waals surface area contributed by atoms with Gasteiger partial charge in [0.1, 0.15) is 30.1 Å². The summed E-state index contributed by atoms with van der Waals surface area (Å²) in [5.41, 5.74) is 0.572. The van der Waals surface area contributed by atoms with Crippen molar-refractivity contribution in [3.63, 3.8) is 0 Å². The van der Waals surface area contributed by atoms with Crippen LogP contribution in [0.2, 0.25) is 0 Å². The van der Waals surface area contributed by atoms with Crippen molar-refractivity contribution in [2.75, 3.05) is 26.3 Å². The zero-order chi connectivity index (χ0) is 24.9. The maximum Gasteiger partial charge on any atom is 0.226 e. The van der Waals surface area contributed by atoms with E-state index in [0.29, 0.717) is 38.1 Å². The molecule has 8 heteroatoms. The number of ether oxygens (including phenoxy) is 2. The maximum atomic E-state index is 13.5. The zero-order valence-electron chi connectivity index (χ0n) is 19.7. The van der Waals surface area contributed by atoms with E-state index < -0.39 is 29.6 Å². The van der Waals surface area contributed by atoms with Gasteiger partial charge in [-0.2, -0.15) is 0 Å². The molecule has 2 aromatic carbocycles. The number of Topliss-reactive ketones (excluding diaryl/α,β-unsaturated/α-hetero) is 2. The number of morpholine rings is 1. The van der Waals surface area contributed by atoms with E-state index >= 15 is 0 Å². The van der Waals surface area contributed by atoms with Gasteiger partial charge in [0.05, 0.1) is 18.7 Å². The van der Waals surface area contributed by atoms with Crippen LogP contribution in [0.5, 0.6) is 5.75 Å². The molecule has 1 amide bonds. The first kappa shape index (κ1) is 25.0. The van der Waals surface area contributed by atoms with E-state index in [4.69, 9.17) is 9.47 Å². The first-order valence-electron chi connectivity index (χ1n) is 12.0. The van der Waals surface area contributed by atoms with Gasteiger partial charge in [-0.15, -0.1) is 0 Å². The Morgan fingerprint density at radius 2 is 1.69 bits per heavy atom. The second-order valence-corrected chi connectivity index (χ2v) is 9.15. The lowest BCUT2D eigenvalue weighted by Gasteiger charge is -2.38. The first-order chi connectivity index (χ1) is 16.8. The van der Waals surface area contributed by atoms with Crippen molar-refractivity contribution in [3.8, 4) is 5.75 Å². The monoisotopic (exact) mass is 485 g/mol. The highest BCUT2D eigenvalue weighted by atomic mass is 19.1. The minimum atomic E-state index is -0.523. The number of rotatable bonds is 7. The van der Waals surface area contributed by atoms with E-state index in [9.17, 15) is 23.2 Å². The molecule has 0 radical (unpaired) electrons. The van der Waals surface area contributed by atoms with Crippen LogP contribution in [0, 0.1) is 23.5 Å². The number of benzene rings is 2. The Hall–Kier alpha value is -3.13. The van der Waals surface area contributed by atoms with Crippen LogP contribution in [-0.4, -0.2) is 54.8 Å². The highest BCUT2D eigenvalue weighted by molar-refractivity contribution is 6.00. The van der Waals surface area contributed by atoms with E-state index in [1.807, 2.05) is 0 Å². The predicted octanol–water partition coefficient (Wildman–Crippen LogP) is 4.46. The Kier molecular flexibility index (Phi) is 7.90. The summed E-state index contributed by atoms with van der Waals surface area (Å²) in [7, 11) is 0. The first-order valence-corrected chi connectivity index (χ1v) is 12.0. The summed E-state index contributed by atoms with van der Waals surface area (Å²) in [5.74, 6) is -2.04. The molecule has 6 nitrogen and oxygen atoms in total. The van der Waals surface area contributed by atoms with Crippen molar-refractivity contribution in [1.29, 1.82) is 0 Å². The van der Waals surface area contributed by atoms with Gasteiger partial charge in [0, 0.05) is 23.9 Å². The van der Waals surface area contributed by atoms with Crippen molar-refractivity contribution in [1.82, 2.24) is 4.90 Å². The molecule has 2 aromatic rings. The lowest BCUT2D eigenvalue weighted by molar-refractivity contribution is -0.146. The van der Waals surface area contributed by atoms with Crippen LogP contribution in [-0.2, 0) is 9.53 Å². The third kappa shape index (κ3) is 5.93. The molecule has 1 aliphatic carbocycles. The topological polar surface area (TPSA) is 72.9 Å². The second kappa shape index (κ2) is 11.1. The summed E-state index contributed by atoms with van der Waals surface area (Å²) >= 11 is 0. The minimum Gasteiger partial charge on any atom is -0.490 e. The number of carbonyl (C=O) groups excluding carboxylic acids is 3. The number of carbonyl (C=O) groups is 3. The van der Waals surface area contributed by atoms with Gasteiger partial charge in [0.25, 0.3) is 0 Å². The summed E-state index contributed by atoms with van der Waals surface area (Å²) in [6.07, 6.45) is 2.58. The van der Waals surface area contributed by atoms with Crippen molar-refractivity contribution in [3.05, 3.63) is 65.2 Å². The van der Waals surface area contributed by atoms with E-state index in [2.05, 4.69) is 0 Å². The number of ketones is 2. The number of nitrogens with zero attached hydrogens (tertiary/aromatic N) is 1. The fourth-order valence-corrected chi connectivity index (χ4v) is 4.91. The number of hydrogen-bond donors (Lipinski definition) is 0. The van der Waals surface area contributed by atoms with Crippen LogP contribution in [0.15, 0.2) is 42.5 Å². The maximum absolute atomic E-state index is 13.5. The molecular weight excluding hydrogens is 456 g/mol. The average Bonchev–Trinajstić information content (AvgIpc) is 2.87. The Morgan fingerprint density at radius 1 is 1.00 bits per heavy atom. The molecular formula is C27H29F2NO5. The zero-order valence-corrected chi connectivity index (χ0v) is 19.7. The Bertz CT molecular complexity index is 1090. The molecule has 0 aromatic heterocycles. The van der Waals surface area contributed by atoms with Crippen LogP contribution in [0.3, 0.4) is 0 Å². The number of amides is 1. The van der Waals surface area contributed by atoms with Gasteiger partial charge in [0.2, 0.25) is 5.91 Å². The number of hydrogen-bond acceptors (Lipinski definition) is 5. The lowest BCUT2D eigenvalue weighted by atomic mass is 9.74. The van der Waals surface area contributed by atoms with Crippen molar-refractivity contribution >= 4 is 17.5 Å². The molecule has 1 heterocycles. The summed E-state index contributed by atoms with van der Waals surface area (Å²) < 4.78 is 38.3. The second-order valence-electron chi connectivity index (χ2n) is 9.15. The SMILES string of the molecule is CC(=O)c1cc(F)ccc1OCC1CN(C(=O)C2CCCCC2C(=O)c2ccc(F)cc2)CCO1. The smallest absolute Gasteiger partial charge is 0.226 e. The van der Waals surface area contributed by atoms with Crippen LogP contribution in [0.25, 0.3) is 0 Å². The van der Waals surface area contributed by atoms with Gasteiger partial charge >= 0.3 is 0 Å². The van der Waals surface area contributed by atoms with Crippen molar-refractivity contribution in [2.45, 2.75) is 38.7 Å². The van der Waals surface area contributed by atoms with Crippen LogP contribution < -0.4 is 4.74 Å². The molecule has 2 fully saturated rings. The van der Waals surface area contributed by atoms with E-state index in [1.165, 1.54) is 43.3 Å². The molecule has 0 N–H and O–H groups in total. The summed E-state index contributed by atoms with van der Waals surface area (Å²) in [6.45, 7) is 2.47. The molecule has 0 spiro atoms. The van der Waals surface area contributed by atoms with Gasteiger partial charge in [-0.05, 0) is 62.2 Å². The minimum absolute atomic E-state index is 0.0790. The predicted molar refractivity (Wildman–Crippen MR) is 124 cm³/mol. The molecule has 1 saturated heterocycles. The molecule has 1 saturated carbocycles. The summed E-state index contributed by atoms with van der Waals surface area (Å²) in [6, 6.07) is 9.24. The third-order valence-corrected chi connectivity index (χ3v) is 6.74. The summed E-state index contributed by atoms with van der Waals surface area (Å²) in [4.78, 5) is 40.2. The van der Waals surface area contributed by atoms with E-state index in [0.717, 1.165) is 18.9 Å². The molecule has 4 rings (SSSR count). The quantitative estimate of drug-likeness (QED) is 0.542. The van der Waals surface area contributed by atoms with Crippen LogP contribution >= 0.6 is 0 Å². The van der Waals surface area contributed by atoms with E-state index in [1.54, 1.807) is 4.90 Å². The molecule has 3 unspecified atom stereocenters. The van der Waals surface area contributed by atoms with E-state index in [-0.39, 0.29) is 35.4 Å². The molecule has 3 atom stereocenters. The van der Waals surface area contributed by atoms with Crippen molar-refractivity contribution in [2.24, 2.45) is 11.8 Å². The lowest BCUT2D eigenvalue weighted by Crippen LogP contribution is -2.51. The van der Waals surface area contributed by atoms with Gasteiger partial charge in [-0.1, -0.05) is 12.8 Å². The molecule has 35 heavy (non-hydrogen) atoms. The Morgan fingerprint density at radius 3 is 2.40 bits per heavy atom.